The van der Waals surface area contributed by atoms with Crippen molar-refractivity contribution >= 4 is 39.5 Å². The van der Waals surface area contributed by atoms with Crippen molar-refractivity contribution in [1.29, 1.82) is 0 Å². The van der Waals surface area contributed by atoms with Gasteiger partial charge in [0, 0.05) is 25.7 Å². The van der Waals surface area contributed by atoms with Crippen LogP contribution >= 0.6 is 15.6 Å². The number of aliphatic hydroxyl groups is 1. The summed E-state index contributed by atoms with van der Waals surface area (Å²) in [5, 5.41) is 10.7. The van der Waals surface area contributed by atoms with Crippen molar-refractivity contribution in [1.82, 2.24) is 0 Å². The van der Waals surface area contributed by atoms with Crippen molar-refractivity contribution < 1.29 is 80.2 Å². The van der Waals surface area contributed by atoms with Gasteiger partial charge in [0.2, 0.25) is 0 Å². The molecule has 0 heterocycles. The van der Waals surface area contributed by atoms with E-state index in [4.69, 9.17) is 37.0 Å². The number of aliphatic hydroxyl groups excluding tert-OH is 1. The quantitative estimate of drug-likeness (QED) is 0.0169. The smallest absolute Gasteiger partial charge is 0.462 e. The van der Waals surface area contributed by atoms with Crippen LogP contribution in [-0.4, -0.2) is 96.7 Å². The molecule has 19 heteroatoms. The predicted octanol–water partition coefficient (Wildman–Crippen LogP) is 25.3. The van der Waals surface area contributed by atoms with Crippen LogP contribution in [-0.2, 0) is 65.4 Å². The first-order chi connectivity index (χ1) is 50.2. The van der Waals surface area contributed by atoms with E-state index in [1.54, 1.807) is 0 Å². The molecule has 0 aromatic carbocycles. The van der Waals surface area contributed by atoms with Crippen LogP contribution in [0.25, 0.3) is 0 Å². The first-order valence-electron chi connectivity index (χ1n) is 43.2. The lowest BCUT2D eigenvalue weighted by molar-refractivity contribution is -0.161. The van der Waals surface area contributed by atoms with Gasteiger partial charge >= 0.3 is 39.5 Å². The first kappa shape index (κ1) is 102. The molecule has 0 rings (SSSR count). The zero-order valence-electron chi connectivity index (χ0n) is 68.0. The molecule has 5 atom stereocenters. The average Bonchev–Trinajstić information content (AvgIpc) is 0.906. The van der Waals surface area contributed by atoms with Crippen LogP contribution in [0.1, 0.15) is 421 Å². The molecule has 0 aromatic rings. The minimum absolute atomic E-state index is 0.0847. The van der Waals surface area contributed by atoms with Crippen molar-refractivity contribution in [2.24, 2.45) is 17.8 Å². The number of hydrogen-bond acceptors (Lipinski definition) is 15. The fraction of sp³-hybridized carbons (Fsp3) is 0.906. The van der Waals surface area contributed by atoms with Crippen LogP contribution < -0.4 is 0 Å². The van der Waals surface area contributed by atoms with Crippen molar-refractivity contribution in [3.8, 4) is 0 Å². The molecule has 0 saturated heterocycles. The summed E-state index contributed by atoms with van der Waals surface area (Å²) in [4.78, 5) is 73.2. The van der Waals surface area contributed by atoms with Gasteiger partial charge in [-0.25, -0.2) is 9.13 Å². The maximum atomic E-state index is 13.1. The number of hydrogen-bond donors (Lipinski definition) is 3. The lowest BCUT2D eigenvalue weighted by atomic mass is 10.0. The number of phosphoric ester groups is 2. The summed E-state index contributed by atoms with van der Waals surface area (Å²) < 4.78 is 68.8. The van der Waals surface area contributed by atoms with E-state index in [2.05, 4.69) is 72.8 Å². The molecule has 0 aliphatic rings. The molecule has 0 spiro atoms. The summed E-state index contributed by atoms with van der Waals surface area (Å²) in [5.41, 5.74) is 0. The molecule has 0 aliphatic heterocycles. The lowest BCUT2D eigenvalue weighted by Gasteiger charge is -2.21. The van der Waals surface area contributed by atoms with E-state index in [0.717, 1.165) is 120 Å². The van der Waals surface area contributed by atoms with Gasteiger partial charge in [0.1, 0.15) is 19.3 Å². The molecule has 104 heavy (non-hydrogen) atoms. The van der Waals surface area contributed by atoms with E-state index in [9.17, 15) is 43.2 Å². The molecule has 0 aliphatic carbocycles. The summed E-state index contributed by atoms with van der Waals surface area (Å²) in [7, 11) is -9.94. The molecular formula is C85H162O17P2. The summed E-state index contributed by atoms with van der Waals surface area (Å²) in [6.07, 6.45) is 67.4. The molecule has 3 N–H and O–H groups in total. The Morgan fingerprint density at radius 2 is 0.519 bits per heavy atom. The van der Waals surface area contributed by atoms with Gasteiger partial charge in [-0.3, -0.25) is 37.3 Å². The number of unbranched alkanes of at least 4 members (excludes halogenated alkanes) is 46. The zero-order chi connectivity index (χ0) is 76.5. The Hall–Kier alpha value is -2.46. The van der Waals surface area contributed by atoms with Gasteiger partial charge in [-0.15, -0.1) is 0 Å². The van der Waals surface area contributed by atoms with Crippen molar-refractivity contribution in [3.63, 3.8) is 0 Å². The third-order valence-electron chi connectivity index (χ3n) is 19.3. The van der Waals surface area contributed by atoms with Crippen molar-refractivity contribution in [3.05, 3.63) is 24.3 Å². The Morgan fingerprint density at radius 3 is 0.779 bits per heavy atom. The standard InChI is InChI=1S/C85H162O17P2/c1-8-9-10-11-12-13-14-15-19-27-32-39-47-54-61-68-84(89)102-81(73-96-83(88)67-60-53-46-41-34-37-44-51-58-65-78(6)7)75-100-104(93,94)98-71-79(86)70-97-103(91,92)99-74-80(72-95-82(87)66-59-52-45-38-31-26-23-18-21-25-30-36-43-50-57-64-77(4)5)101-85(90)69-62-55-48-40-33-28-22-17-16-20-24-29-35-42-49-56-63-76(2)3/h13-15,19,76-81,86H,8-12,16-18,20-75H2,1-7H3,(H,91,92)(H,93,94)/b14-13-,19-15-/t79-,80-,81-/m1/s1. The average molecular weight is 1520 g/mol. The van der Waals surface area contributed by atoms with E-state index in [-0.39, 0.29) is 25.7 Å². The molecule has 0 aromatic heterocycles. The Morgan fingerprint density at radius 1 is 0.298 bits per heavy atom. The topological polar surface area (TPSA) is 237 Å². The van der Waals surface area contributed by atoms with Crippen LogP contribution in [0.3, 0.4) is 0 Å². The van der Waals surface area contributed by atoms with Crippen molar-refractivity contribution in [2.45, 2.75) is 439 Å². The van der Waals surface area contributed by atoms with Gasteiger partial charge < -0.3 is 33.8 Å². The Bertz CT molecular complexity index is 2100. The summed E-state index contributed by atoms with van der Waals surface area (Å²) >= 11 is 0. The molecule has 0 bridgehead atoms. The van der Waals surface area contributed by atoms with Crippen molar-refractivity contribution in [2.75, 3.05) is 39.6 Å². The first-order valence-corrected chi connectivity index (χ1v) is 46.2. The molecule has 0 amide bonds. The minimum atomic E-state index is -4.97. The monoisotopic (exact) mass is 1520 g/mol. The highest BCUT2D eigenvalue weighted by Gasteiger charge is 2.30. The third-order valence-corrected chi connectivity index (χ3v) is 21.2. The second-order valence-corrected chi connectivity index (χ2v) is 34.2. The van der Waals surface area contributed by atoms with Crippen LogP contribution in [0, 0.1) is 17.8 Å². The molecule has 0 saturated carbocycles. The number of esters is 4. The second-order valence-electron chi connectivity index (χ2n) is 31.3. The predicted molar refractivity (Wildman–Crippen MR) is 427 cm³/mol. The number of rotatable bonds is 81. The van der Waals surface area contributed by atoms with E-state index >= 15 is 0 Å². The molecule has 0 radical (unpaired) electrons. The van der Waals surface area contributed by atoms with E-state index < -0.39 is 97.5 Å². The highest BCUT2D eigenvalue weighted by Crippen LogP contribution is 2.45. The van der Waals surface area contributed by atoms with Crippen LogP contribution in [0.5, 0.6) is 0 Å². The zero-order valence-corrected chi connectivity index (χ0v) is 69.8. The fourth-order valence-electron chi connectivity index (χ4n) is 12.7. The maximum absolute atomic E-state index is 13.1. The van der Waals surface area contributed by atoms with Crippen LogP contribution in [0.2, 0.25) is 0 Å². The lowest BCUT2D eigenvalue weighted by Crippen LogP contribution is -2.30. The maximum Gasteiger partial charge on any atom is 0.472 e. The number of phosphoric acid groups is 2. The number of carbonyl (C=O) groups excluding carboxylic acids is 4. The van der Waals surface area contributed by atoms with E-state index in [0.29, 0.717) is 25.7 Å². The fourth-order valence-corrected chi connectivity index (χ4v) is 14.2. The largest absolute Gasteiger partial charge is 0.472 e. The van der Waals surface area contributed by atoms with Gasteiger partial charge in [0.25, 0.3) is 0 Å². The third kappa shape index (κ3) is 77.7. The number of carbonyl (C=O) groups is 4. The van der Waals surface area contributed by atoms with E-state index in [1.165, 1.54) is 218 Å². The minimum Gasteiger partial charge on any atom is -0.462 e. The SMILES string of the molecule is CCCCCC/C=C\C=C/CCCCCCCC(=O)O[C@H](COC(=O)CCCCCCCCCCCC(C)C)COP(=O)(O)OC[C@H](O)COP(=O)(O)OC[C@@H](COC(=O)CCCCCCCCCCCCCCCCCC(C)C)OC(=O)CCCCCCCCCCCCCCCCCCC(C)C. The normalized spacial score (nSPS) is 14.0. The second kappa shape index (κ2) is 74.6. The number of allylic oxidation sites excluding steroid dienone is 4. The Balaban J connectivity index is 5.29. The molecular weight excluding hydrogens is 1350 g/mol. The summed E-state index contributed by atoms with van der Waals surface area (Å²) in [5.74, 6) is 0.218. The Labute approximate surface area is 637 Å². The van der Waals surface area contributed by atoms with Crippen LogP contribution in [0.4, 0.5) is 0 Å². The summed E-state index contributed by atoms with van der Waals surface area (Å²) in [6, 6.07) is 0. The van der Waals surface area contributed by atoms with Gasteiger partial charge in [-0.1, -0.05) is 368 Å². The van der Waals surface area contributed by atoms with Gasteiger partial charge in [-0.05, 0) is 69.1 Å². The van der Waals surface area contributed by atoms with Gasteiger partial charge in [-0.2, -0.15) is 0 Å². The molecule has 17 nitrogen and oxygen atoms in total. The molecule has 2 unspecified atom stereocenters. The molecule has 614 valence electrons. The van der Waals surface area contributed by atoms with E-state index in [1.807, 2.05) is 0 Å². The molecule has 0 fully saturated rings. The van der Waals surface area contributed by atoms with Gasteiger partial charge in [0.15, 0.2) is 12.2 Å². The number of ether oxygens (including phenoxy) is 4. The van der Waals surface area contributed by atoms with Crippen LogP contribution in [0.15, 0.2) is 24.3 Å². The highest BCUT2D eigenvalue weighted by atomic mass is 31.2. The summed E-state index contributed by atoms with van der Waals surface area (Å²) in [6.45, 7) is 11.9. The Kier molecular flexibility index (Phi) is 72.9. The highest BCUT2D eigenvalue weighted by molar-refractivity contribution is 7.47. The van der Waals surface area contributed by atoms with Gasteiger partial charge in [0.05, 0.1) is 26.4 Å².